The number of nitrogens with two attached hydrogens (primary N) is 2. The van der Waals surface area contributed by atoms with Crippen molar-refractivity contribution >= 4 is 0 Å². The third kappa shape index (κ3) is 3.85. The van der Waals surface area contributed by atoms with Crippen molar-refractivity contribution in [3.63, 3.8) is 0 Å². The SMILES string of the molecule is CCC[C@@H](N)[C@H](N)CCC. The van der Waals surface area contributed by atoms with Crippen LogP contribution in [-0.4, -0.2) is 12.1 Å². The van der Waals surface area contributed by atoms with Gasteiger partial charge in [0.05, 0.1) is 0 Å². The Labute approximate surface area is 64.0 Å². The first-order valence-electron chi connectivity index (χ1n) is 4.23. The van der Waals surface area contributed by atoms with E-state index < -0.39 is 0 Å². The van der Waals surface area contributed by atoms with Crippen LogP contribution in [0.4, 0.5) is 0 Å². The van der Waals surface area contributed by atoms with Crippen LogP contribution in [0.25, 0.3) is 0 Å². The van der Waals surface area contributed by atoms with Crippen LogP contribution in [0.3, 0.4) is 0 Å². The zero-order valence-electron chi connectivity index (χ0n) is 7.14. The van der Waals surface area contributed by atoms with E-state index in [9.17, 15) is 0 Å². The van der Waals surface area contributed by atoms with E-state index in [-0.39, 0.29) is 12.1 Å². The zero-order valence-corrected chi connectivity index (χ0v) is 7.14. The highest BCUT2D eigenvalue weighted by atomic mass is 14.8. The lowest BCUT2D eigenvalue weighted by molar-refractivity contribution is 0.462. The van der Waals surface area contributed by atoms with Crippen LogP contribution in [0.5, 0.6) is 0 Å². The molecule has 2 nitrogen and oxygen atoms in total. The third-order valence-corrected chi connectivity index (χ3v) is 1.79. The third-order valence-electron chi connectivity index (χ3n) is 1.79. The largest absolute Gasteiger partial charge is 0.326 e. The van der Waals surface area contributed by atoms with E-state index >= 15 is 0 Å². The summed E-state index contributed by atoms with van der Waals surface area (Å²) in [6, 6.07) is 0.426. The average molecular weight is 144 g/mol. The highest BCUT2D eigenvalue weighted by Gasteiger charge is 2.09. The quantitative estimate of drug-likeness (QED) is 0.610. The van der Waals surface area contributed by atoms with E-state index in [1.165, 1.54) is 0 Å². The molecule has 0 fully saturated rings. The van der Waals surface area contributed by atoms with Crippen molar-refractivity contribution in [1.82, 2.24) is 0 Å². The van der Waals surface area contributed by atoms with Gasteiger partial charge in [-0.15, -0.1) is 0 Å². The molecule has 0 aliphatic rings. The predicted octanol–water partition coefficient (Wildman–Crippen LogP) is 1.24. The Morgan fingerprint density at radius 1 is 0.900 bits per heavy atom. The van der Waals surface area contributed by atoms with Gasteiger partial charge >= 0.3 is 0 Å². The second-order valence-electron chi connectivity index (χ2n) is 2.91. The van der Waals surface area contributed by atoms with Gasteiger partial charge in [-0.2, -0.15) is 0 Å². The van der Waals surface area contributed by atoms with Crippen molar-refractivity contribution in [2.45, 2.75) is 51.6 Å². The van der Waals surface area contributed by atoms with Crippen LogP contribution in [0, 0.1) is 0 Å². The predicted molar refractivity (Wildman–Crippen MR) is 45.8 cm³/mol. The van der Waals surface area contributed by atoms with Crippen molar-refractivity contribution in [2.75, 3.05) is 0 Å². The molecular weight excluding hydrogens is 124 g/mol. The highest BCUT2D eigenvalue weighted by Crippen LogP contribution is 2.02. The minimum atomic E-state index is 0.213. The normalized spacial score (nSPS) is 16.8. The molecule has 0 saturated heterocycles. The Morgan fingerprint density at radius 3 is 1.40 bits per heavy atom. The monoisotopic (exact) mass is 144 g/mol. The van der Waals surface area contributed by atoms with E-state index in [0.717, 1.165) is 25.7 Å². The van der Waals surface area contributed by atoms with Gasteiger partial charge in [0.1, 0.15) is 0 Å². The summed E-state index contributed by atoms with van der Waals surface area (Å²) in [7, 11) is 0. The summed E-state index contributed by atoms with van der Waals surface area (Å²) in [5.41, 5.74) is 11.6. The topological polar surface area (TPSA) is 52.0 Å². The van der Waals surface area contributed by atoms with Gasteiger partial charge in [-0.1, -0.05) is 26.7 Å². The fourth-order valence-electron chi connectivity index (χ4n) is 1.09. The van der Waals surface area contributed by atoms with Gasteiger partial charge in [-0.3, -0.25) is 0 Å². The molecule has 0 rings (SSSR count). The van der Waals surface area contributed by atoms with Gasteiger partial charge in [0, 0.05) is 12.1 Å². The van der Waals surface area contributed by atoms with Gasteiger partial charge < -0.3 is 11.5 Å². The molecule has 0 bridgehead atoms. The first-order valence-corrected chi connectivity index (χ1v) is 4.23. The lowest BCUT2D eigenvalue weighted by atomic mass is 10.0. The van der Waals surface area contributed by atoms with E-state index in [0.29, 0.717) is 0 Å². The summed E-state index contributed by atoms with van der Waals surface area (Å²) in [6.07, 6.45) is 4.39. The lowest BCUT2D eigenvalue weighted by Crippen LogP contribution is -2.40. The smallest absolute Gasteiger partial charge is 0.0192 e. The molecule has 2 atom stereocenters. The Morgan fingerprint density at radius 2 is 1.20 bits per heavy atom. The molecule has 0 aliphatic carbocycles. The minimum Gasteiger partial charge on any atom is -0.326 e. The van der Waals surface area contributed by atoms with E-state index in [1.807, 2.05) is 0 Å². The first kappa shape index (κ1) is 9.92. The standard InChI is InChI=1S/C8H20N2/c1-3-5-7(9)8(10)6-4-2/h7-8H,3-6,9-10H2,1-2H3/t7-,8-/m1/s1. The van der Waals surface area contributed by atoms with Crippen LogP contribution in [0.1, 0.15) is 39.5 Å². The number of hydrogen-bond acceptors (Lipinski definition) is 2. The zero-order chi connectivity index (χ0) is 7.98. The van der Waals surface area contributed by atoms with Crippen LogP contribution in [0.2, 0.25) is 0 Å². The van der Waals surface area contributed by atoms with Crippen molar-refractivity contribution in [3.8, 4) is 0 Å². The molecule has 0 heterocycles. The van der Waals surface area contributed by atoms with Crippen LogP contribution >= 0.6 is 0 Å². The highest BCUT2D eigenvalue weighted by molar-refractivity contribution is 4.74. The molecule has 0 spiro atoms. The van der Waals surface area contributed by atoms with Crippen molar-refractivity contribution < 1.29 is 0 Å². The molecule has 0 aromatic heterocycles. The van der Waals surface area contributed by atoms with Gasteiger partial charge in [-0.05, 0) is 12.8 Å². The van der Waals surface area contributed by atoms with Crippen molar-refractivity contribution in [1.29, 1.82) is 0 Å². The maximum atomic E-state index is 5.79. The molecule has 0 amide bonds. The molecule has 0 aliphatic heterocycles. The van der Waals surface area contributed by atoms with Crippen LogP contribution in [0.15, 0.2) is 0 Å². The fraction of sp³-hybridized carbons (Fsp3) is 1.00. The summed E-state index contributed by atoms with van der Waals surface area (Å²) in [4.78, 5) is 0. The van der Waals surface area contributed by atoms with Crippen LogP contribution in [-0.2, 0) is 0 Å². The fourth-order valence-corrected chi connectivity index (χ4v) is 1.09. The average Bonchev–Trinajstić information content (AvgIpc) is 1.89. The van der Waals surface area contributed by atoms with Gasteiger partial charge in [0.25, 0.3) is 0 Å². The summed E-state index contributed by atoms with van der Waals surface area (Å²) in [5.74, 6) is 0. The van der Waals surface area contributed by atoms with Gasteiger partial charge in [-0.25, -0.2) is 0 Å². The summed E-state index contributed by atoms with van der Waals surface area (Å²) in [5, 5.41) is 0. The molecule has 62 valence electrons. The molecular formula is C8H20N2. The summed E-state index contributed by atoms with van der Waals surface area (Å²) in [6.45, 7) is 4.27. The molecule has 0 radical (unpaired) electrons. The Balaban J connectivity index is 3.38. The Hall–Kier alpha value is -0.0800. The summed E-state index contributed by atoms with van der Waals surface area (Å²) >= 11 is 0. The molecule has 0 aromatic carbocycles. The maximum Gasteiger partial charge on any atom is 0.0192 e. The Bertz CT molecular complexity index is 63.7. The van der Waals surface area contributed by atoms with Gasteiger partial charge in [0.2, 0.25) is 0 Å². The van der Waals surface area contributed by atoms with E-state index in [4.69, 9.17) is 11.5 Å². The number of rotatable bonds is 5. The summed E-state index contributed by atoms with van der Waals surface area (Å²) < 4.78 is 0. The second kappa shape index (κ2) is 5.69. The first-order chi connectivity index (χ1) is 4.72. The van der Waals surface area contributed by atoms with E-state index in [1.54, 1.807) is 0 Å². The van der Waals surface area contributed by atoms with Gasteiger partial charge in [0.15, 0.2) is 0 Å². The molecule has 10 heavy (non-hydrogen) atoms. The van der Waals surface area contributed by atoms with Crippen molar-refractivity contribution in [3.05, 3.63) is 0 Å². The molecule has 0 aromatic rings. The maximum absolute atomic E-state index is 5.79. The lowest BCUT2D eigenvalue weighted by Gasteiger charge is -2.17. The van der Waals surface area contributed by atoms with E-state index in [2.05, 4.69) is 13.8 Å². The Kier molecular flexibility index (Phi) is 5.64. The molecule has 4 N–H and O–H groups in total. The molecule has 0 unspecified atom stereocenters. The number of hydrogen-bond donors (Lipinski definition) is 2. The second-order valence-corrected chi connectivity index (χ2v) is 2.91. The minimum absolute atomic E-state index is 0.213. The van der Waals surface area contributed by atoms with Crippen LogP contribution < -0.4 is 11.5 Å². The van der Waals surface area contributed by atoms with Crippen molar-refractivity contribution in [2.24, 2.45) is 11.5 Å². The molecule has 0 saturated carbocycles. The molecule has 2 heteroatoms.